The van der Waals surface area contributed by atoms with Gasteiger partial charge in [-0.3, -0.25) is 4.79 Å². The second-order valence-corrected chi connectivity index (χ2v) is 7.28. The molecule has 3 aromatic rings. The van der Waals surface area contributed by atoms with Gasteiger partial charge in [0, 0.05) is 17.8 Å². The summed E-state index contributed by atoms with van der Waals surface area (Å²) >= 11 is 1.09. The number of thiophene rings is 1. The van der Waals surface area contributed by atoms with Crippen LogP contribution in [0, 0.1) is 0 Å². The van der Waals surface area contributed by atoms with Gasteiger partial charge in [-0.25, -0.2) is 18.4 Å². The molecule has 0 amide bonds. The van der Waals surface area contributed by atoms with Gasteiger partial charge in [-0.2, -0.15) is 0 Å². The monoisotopic (exact) mass is 330 g/mol. The quantitative estimate of drug-likeness (QED) is 0.687. The van der Waals surface area contributed by atoms with Crippen LogP contribution in [0.2, 0.25) is 0 Å². The van der Waals surface area contributed by atoms with Crippen LogP contribution in [-0.4, -0.2) is 24.2 Å². The molecule has 0 N–H and O–H groups in total. The summed E-state index contributed by atoms with van der Waals surface area (Å²) in [6.07, 6.45) is 4.14. The number of hydrogen-bond donors (Lipinski definition) is 0. The molecule has 0 bridgehead atoms. The van der Waals surface area contributed by atoms with Crippen molar-refractivity contribution >= 4 is 27.0 Å². The van der Waals surface area contributed by atoms with Crippen LogP contribution in [0.15, 0.2) is 70.3 Å². The Labute approximate surface area is 131 Å². The lowest BCUT2D eigenvalue weighted by molar-refractivity contribution is 0.104. The van der Waals surface area contributed by atoms with E-state index in [0.29, 0.717) is 10.4 Å². The molecule has 0 radical (unpaired) electrons. The minimum atomic E-state index is -3.61. The van der Waals surface area contributed by atoms with Gasteiger partial charge in [-0.1, -0.05) is 18.2 Å². The molecule has 0 atom stereocenters. The Kier molecular flexibility index (Phi) is 3.82. The van der Waals surface area contributed by atoms with E-state index < -0.39 is 9.84 Å². The second-order valence-electron chi connectivity index (χ2n) is 4.42. The van der Waals surface area contributed by atoms with E-state index in [1.807, 2.05) is 0 Å². The first-order chi connectivity index (χ1) is 10.6. The SMILES string of the molecule is O=C(c1cncnc1)c1cc(S(=O)(=O)c2ccccc2)cs1. The summed E-state index contributed by atoms with van der Waals surface area (Å²) in [6.45, 7) is 0. The lowest BCUT2D eigenvalue weighted by atomic mass is 10.2. The minimum absolute atomic E-state index is 0.115. The maximum Gasteiger partial charge on any atom is 0.207 e. The zero-order valence-corrected chi connectivity index (χ0v) is 12.8. The number of ketones is 1. The van der Waals surface area contributed by atoms with E-state index in [9.17, 15) is 13.2 Å². The molecule has 7 heteroatoms. The van der Waals surface area contributed by atoms with Crippen molar-refractivity contribution in [3.63, 3.8) is 0 Å². The highest BCUT2D eigenvalue weighted by Crippen LogP contribution is 2.26. The normalized spacial score (nSPS) is 11.3. The van der Waals surface area contributed by atoms with Gasteiger partial charge in [-0.05, 0) is 18.2 Å². The van der Waals surface area contributed by atoms with Gasteiger partial charge in [-0.15, -0.1) is 11.3 Å². The molecule has 3 rings (SSSR count). The lowest BCUT2D eigenvalue weighted by Gasteiger charge is -2.00. The van der Waals surface area contributed by atoms with Gasteiger partial charge < -0.3 is 0 Å². The second kappa shape index (κ2) is 5.78. The fourth-order valence-electron chi connectivity index (χ4n) is 1.87. The Bertz CT molecular complexity index is 904. The van der Waals surface area contributed by atoms with E-state index in [-0.39, 0.29) is 15.6 Å². The average molecular weight is 330 g/mol. The molecular weight excluding hydrogens is 320 g/mol. The van der Waals surface area contributed by atoms with Gasteiger partial charge in [0.05, 0.1) is 20.2 Å². The van der Waals surface area contributed by atoms with Crippen molar-refractivity contribution in [3.8, 4) is 0 Å². The topological polar surface area (TPSA) is 77.0 Å². The number of carbonyl (C=O) groups is 1. The number of benzene rings is 1. The summed E-state index contributed by atoms with van der Waals surface area (Å²) in [6, 6.07) is 9.51. The maximum absolute atomic E-state index is 12.5. The van der Waals surface area contributed by atoms with Crippen molar-refractivity contribution in [1.82, 2.24) is 9.97 Å². The lowest BCUT2D eigenvalue weighted by Crippen LogP contribution is -2.02. The third kappa shape index (κ3) is 2.68. The van der Waals surface area contributed by atoms with Crippen molar-refractivity contribution in [3.05, 3.63) is 70.9 Å². The zero-order chi connectivity index (χ0) is 15.6. The van der Waals surface area contributed by atoms with Crippen LogP contribution in [0.4, 0.5) is 0 Å². The molecule has 5 nitrogen and oxygen atoms in total. The molecule has 0 aliphatic heterocycles. The molecule has 0 unspecified atom stereocenters. The summed E-state index contributed by atoms with van der Waals surface area (Å²) in [5.74, 6) is -0.292. The van der Waals surface area contributed by atoms with Crippen LogP contribution in [-0.2, 0) is 9.84 Å². The van der Waals surface area contributed by atoms with E-state index in [0.717, 1.165) is 11.3 Å². The van der Waals surface area contributed by atoms with Crippen LogP contribution < -0.4 is 0 Å². The highest BCUT2D eigenvalue weighted by molar-refractivity contribution is 7.91. The van der Waals surface area contributed by atoms with Crippen molar-refractivity contribution in [2.24, 2.45) is 0 Å². The van der Waals surface area contributed by atoms with E-state index in [4.69, 9.17) is 0 Å². The van der Waals surface area contributed by atoms with Crippen LogP contribution in [0.5, 0.6) is 0 Å². The Morgan fingerprint density at radius 1 is 1.00 bits per heavy atom. The van der Waals surface area contributed by atoms with E-state index in [1.165, 1.54) is 42.3 Å². The molecule has 1 aromatic carbocycles. The highest BCUT2D eigenvalue weighted by Gasteiger charge is 2.21. The maximum atomic E-state index is 12.5. The van der Waals surface area contributed by atoms with E-state index in [2.05, 4.69) is 9.97 Å². The van der Waals surface area contributed by atoms with Crippen molar-refractivity contribution < 1.29 is 13.2 Å². The predicted molar refractivity (Wildman–Crippen MR) is 81.7 cm³/mol. The summed E-state index contributed by atoms with van der Waals surface area (Å²) in [5, 5.41) is 1.47. The molecule has 2 heterocycles. The Morgan fingerprint density at radius 2 is 1.68 bits per heavy atom. The fourth-order valence-corrected chi connectivity index (χ4v) is 4.39. The Morgan fingerprint density at radius 3 is 2.36 bits per heavy atom. The molecule has 22 heavy (non-hydrogen) atoms. The molecule has 110 valence electrons. The van der Waals surface area contributed by atoms with Crippen LogP contribution in [0.1, 0.15) is 15.2 Å². The number of carbonyl (C=O) groups excluding carboxylic acids is 1. The molecule has 0 aliphatic carbocycles. The molecule has 0 spiro atoms. The standard InChI is InChI=1S/C15H10N2O3S2/c18-15(11-7-16-10-17-8-11)14-6-13(9-21-14)22(19,20)12-4-2-1-3-5-12/h1-10H. The third-order valence-electron chi connectivity index (χ3n) is 2.99. The summed E-state index contributed by atoms with van der Waals surface area (Å²) < 4.78 is 25.0. The number of rotatable bonds is 4. The van der Waals surface area contributed by atoms with Gasteiger partial charge in [0.1, 0.15) is 6.33 Å². The minimum Gasteiger partial charge on any atom is -0.288 e. The van der Waals surface area contributed by atoms with Gasteiger partial charge in [0.15, 0.2) is 0 Å². The van der Waals surface area contributed by atoms with Crippen molar-refractivity contribution in [1.29, 1.82) is 0 Å². The van der Waals surface area contributed by atoms with Crippen molar-refractivity contribution in [2.45, 2.75) is 9.79 Å². The third-order valence-corrected chi connectivity index (χ3v) is 5.81. The molecular formula is C15H10N2O3S2. The van der Waals surface area contributed by atoms with Crippen LogP contribution in [0.3, 0.4) is 0 Å². The molecule has 0 fully saturated rings. The molecule has 2 aromatic heterocycles. The number of nitrogens with zero attached hydrogens (tertiary/aromatic N) is 2. The van der Waals surface area contributed by atoms with Gasteiger partial charge in [0.25, 0.3) is 0 Å². The predicted octanol–water partition coefficient (Wildman–Crippen LogP) is 2.60. The fraction of sp³-hybridized carbons (Fsp3) is 0. The van der Waals surface area contributed by atoms with E-state index in [1.54, 1.807) is 18.2 Å². The van der Waals surface area contributed by atoms with Gasteiger partial charge in [0.2, 0.25) is 15.6 Å². The number of aromatic nitrogens is 2. The summed E-state index contributed by atoms with van der Waals surface area (Å²) in [5.41, 5.74) is 0.327. The highest BCUT2D eigenvalue weighted by atomic mass is 32.2. The number of hydrogen-bond acceptors (Lipinski definition) is 6. The molecule has 0 aliphatic rings. The number of sulfone groups is 1. The summed E-state index contributed by atoms with van der Waals surface area (Å²) in [7, 11) is -3.61. The molecule has 0 saturated heterocycles. The zero-order valence-electron chi connectivity index (χ0n) is 11.2. The largest absolute Gasteiger partial charge is 0.288 e. The Balaban J connectivity index is 1.97. The van der Waals surface area contributed by atoms with Crippen LogP contribution >= 0.6 is 11.3 Å². The first kappa shape index (κ1) is 14.6. The Hall–Kier alpha value is -2.38. The summed E-state index contributed by atoms with van der Waals surface area (Å²) in [4.78, 5) is 20.5. The smallest absolute Gasteiger partial charge is 0.207 e. The van der Waals surface area contributed by atoms with E-state index >= 15 is 0 Å². The first-order valence-electron chi connectivity index (χ1n) is 6.27. The van der Waals surface area contributed by atoms with Gasteiger partial charge >= 0.3 is 0 Å². The van der Waals surface area contributed by atoms with Crippen LogP contribution in [0.25, 0.3) is 0 Å². The molecule has 0 saturated carbocycles. The first-order valence-corrected chi connectivity index (χ1v) is 8.64. The average Bonchev–Trinajstić information content (AvgIpc) is 3.06. The van der Waals surface area contributed by atoms with Crippen molar-refractivity contribution in [2.75, 3.05) is 0 Å².